The van der Waals surface area contributed by atoms with E-state index in [9.17, 15) is 0 Å². The number of hydrogen-bond acceptors (Lipinski definition) is 3. The third-order valence-electron chi connectivity index (χ3n) is 4.28. The second kappa shape index (κ2) is 6.05. The van der Waals surface area contributed by atoms with Crippen molar-refractivity contribution in [2.24, 2.45) is 11.7 Å². The first kappa shape index (κ1) is 15.0. The minimum absolute atomic E-state index is 0.560. The van der Waals surface area contributed by atoms with E-state index in [1.807, 2.05) is 6.92 Å². The number of allylic oxidation sites excluding steroid dienone is 4. The fourth-order valence-corrected chi connectivity index (χ4v) is 3.16. The SMILES string of the molecule is CCc1nc2c(C)cc(C)nc2n1C1=CC[C@H](CCN)C=C1. The van der Waals surface area contributed by atoms with Crippen molar-refractivity contribution in [1.29, 1.82) is 0 Å². The highest BCUT2D eigenvalue weighted by Gasteiger charge is 2.17. The number of aryl methyl sites for hydroxylation is 3. The largest absolute Gasteiger partial charge is 0.330 e. The van der Waals surface area contributed by atoms with Gasteiger partial charge in [0.1, 0.15) is 11.3 Å². The van der Waals surface area contributed by atoms with Gasteiger partial charge in [-0.25, -0.2) is 9.97 Å². The number of rotatable bonds is 4. The van der Waals surface area contributed by atoms with Crippen LogP contribution in [0.2, 0.25) is 0 Å². The number of nitrogens with zero attached hydrogens (tertiary/aromatic N) is 3. The van der Waals surface area contributed by atoms with Gasteiger partial charge in [-0.05, 0) is 56.9 Å². The minimum atomic E-state index is 0.560. The fraction of sp³-hybridized carbons (Fsp3) is 0.444. The summed E-state index contributed by atoms with van der Waals surface area (Å²) < 4.78 is 2.21. The van der Waals surface area contributed by atoms with E-state index in [0.29, 0.717) is 5.92 Å². The summed E-state index contributed by atoms with van der Waals surface area (Å²) >= 11 is 0. The molecule has 0 fully saturated rings. The van der Waals surface area contributed by atoms with Crippen LogP contribution >= 0.6 is 0 Å². The van der Waals surface area contributed by atoms with E-state index in [4.69, 9.17) is 15.7 Å². The standard InChI is InChI=1S/C18H24N4/c1-4-16-21-17-12(2)11-13(3)20-18(17)22(16)15-7-5-14(6-8-15)9-10-19/h5,7-8,11,14H,4,6,9-10,19H2,1-3H3/t14-/m1/s1. The lowest BCUT2D eigenvalue weighted by Crippen LogP contribution is -2.10. The highest BCUT2D eigenvalue weighted by molar-refractivity contribution is 5.81. The third kappa shape index (κ3) is 2.59. The van der Waals surface area contributed by atoms with Crippen LogP contribution in [0, 0.1) is 19.8 Å². The molecule has 3 rings (SSSR count). The molecule has 4 heteroatoms. The molecule has 0 unspecified atom stereocenters. The maximum atomic E-state index is 5.66. The van der Waals surface area contributed by atoms with Crippen LogP contribution < -0.4 is 5.73 Å². The first-order valence-electron chi connectivity index (χ1n) is 8.08. The van der Waals surface area contributed by atoms with Crippen molar-refractivity contribution in [3.8, 4) is 0 Å². The zero-order valence-corrected chi connectivity index (χ0v) is 13.6. The molecule has 0 amide bonds. The lowest BCUT2D eigenvalue weighted by atomic mass is 9.96. The van der Waals surface area contributed by atoms with Gasteiger partial charge < -0.3 is 5.73 Å². The molecule has 1 aliphatic rings. The van der Waals surface area contributed by atoms with Gasteiger partial charge in [-0.1, -0.05) is 19.1 Å². The lowest BCUT2D eigenvalue weighted by molar-refractivity contribution is 0.603. The molecule has 4 nitrogen and oxygen atoms in total. The predicted octanol–water partition coefficient (Wildman–Crippen LogP) is 3.38. The van der Waals surface area contributed by atoms with Gasteiger partial charge in [0.25, 0.3) is 0 Å². The molecule has 0 saturated carbocycles. The Kier molecular flexibility index (Phi) is 4.12. The van der Waals surface area contributed by atoms with Gasteiger partial charge in [0.05, 0.1) is 0 Å². The smallest absolute Gasteiger partial charge is 0.165 e. The monoisotopic (exact) mass is 296 g/mol. The van der Waals surface area contributed by atoms with Gasteiger partial charge in [-0.3, -0.25) is 4.57 Å². The molecular weight excluding hydrogens is 272 g/mol. The van der Waals surface area contributed by atoms with Gasteiger partial charge in [0.15, 0.2) is 5.65 Å². The molecule has 0 radical (unpaired) electrons. The van der Waals surface area contributed by atoms with Crippen LogP contribution in [0.1, 0.15) is 36.8 Å². The third-order valence-corrected chi connectivity index (χ3v) is 4.28. The lowest BCUT2D eigenvalue weighted by Gasteiger charge is -2.17. The molecular formula is C18H24N4. The van der Waals surface area contributed by atoms with Crippen LogP contribution in [0.25, 0.3) is 16.9 Å². The van der Waals surface area contributed by atoms with Crippen LogP contribution in [-0.4, -0.2) is 21.1 Å². The first-order chi connectivity index (χ1) is 10.6. The van der Waals surface area contributed by atoms with E-state index < -0.39 is 0 Å². The predicted molar refractivity (Wildman–Crippen MR) is 91.6 cm³/mol. The average Bonchev–Trinajstić information content (AvgIpc) is 2.87. The highest BCUT2D eigenvalue weighted by atomic mass is 15.1. The van der Waals surface area contributed by atoms with E-state index in [1.165, 1.54) is 11.3 Å². The molecule has 1 aliphatic carbocycles. The molecule has 116 valence electrons. The number of aromatic nitrogens is 3. The molecule has 0 saturated heterocycles. The molecule has 1 atom stereocenters. The van der Waals surface area contributed by atoms with Crippen LogP contribution in [0.15, 0.2) is 24.3 Å². The summed E-state index contributed by atoms with van der Waals surface area (Å²) in [5.41, 5.74) is 11.1. The van der Waals surface area contributed by atoms with Crippen LogP contribution in [0.3, 0.4) is 0 Å². The molecule has 2 aromatic heterocycles. The van der Waals surface area contributed by atoms with E-state index >= 15 is 0 Å². The minimum Gasteiger partial charge on any atom is -0.330 e. The van der Waals surface area contributed by atoms with Gasteiger partial charge in [0, 0.05) is 17.8 Å². The normalized spacial score (nSPS) is 18.0. The quantitative estimate of drug-likeness (QED) is 0.941. The Morgan fingerprint density at radius 3 is 2.77 bits per heavy atom. The van der Waals surface area contributed by atoms with Gasteiger partial charge >= 0.3 is 0 Å². The Morgan fingerprint density at radius 2 is 2.14 bits per heavy atom. The number of pyridine rings is 1. The van der Waals surface area contributed by atoms with E-state index in [1.54, 1.807) is 0 Å². The highest BCUT2D eigenvalue weighted by Crippen LogP contribution is 2.27. The Balaban J connectivity index is 2.09. The summed E-state index contributed by atoms with van der Waals surface area (Å²) in [6, 6.07) is 2.10. The summed E-state index contributed by atoms with van der Waals surface area (Å²) in [4.78, 5) is 9.55. The van der Waals surface area contributed by atoms with Crippen molar-refractivity contribution >= 4 is 16.9 Å². The average molecular weight is 296 g/mol. The summed E-state index contributed by atoms with van der Waals surface area (Å²) in [6.45, 7) is 7.03. The van der Waals surface area contributed by atoms with Crippen LogP contribution in [-0.2, 0) is 6.42 Å². The first-order valence-corrected chi connectivity index (χ1v) is 8.08. The Morgan fingerprint density at radius 1 is 1.32 bits per heavy atom. The number of nitrogens with two attached hydrogens (primary N) is 1. The Bertz CT molecular complexity index is 752. The number of fused-ring (bicyclic) bond motifs is 1. The topological polar surface area (TPSA) is 56.7 Å². The zero-order chi connectivity index (χ0) is 15.7. The number of hydrogen-bond donors (Lipinski definition) is 1. The van der Waals surface area contributed by atoms with Crippen LogP contribution in [0.5, 0.6) is 0 Å². The van der Waals surface area contributed by atoms with E-state index in [0.717, 1.165) is 48.5 Å². The Hall–Kier alpha value is -1.94. The van der Waals surface area contributed by atoms with Crippen molar-refractivity contribution in [2.45, 2.75) is 40.0 Å². The summed E-state index contributed by atoms with van der Waals surface area (Å²) in [5.74, 6) is 1.63. The fourth-order valence-electron chi connectivity index (χ4n) is 3.16. The molecule has 2 aromatic rings. The molecule has 22 heavy (non-hydrogen) atoms. The summed E-state index contributed by atoms with van der Waals surface area (Å²) in [6.07, 6.45) is 9.74. The zero-order valence-electron chi connectivity index (χ0n) is 13.6. The van der Waals surface area contributed by atoms with Crippen molar-refractivity contribution in [3.63, 3.8) is 0 Å². The van der Waals surface area contributed by atoms with Gasteiger partial charge in [-0.2, -0.15) is 0 Å². The van der Waals surface area contributed by atoms with Gasteiger partial charge in [-0.15, -0.1) is 0 Å². The molecule has 2 heterocycles. The molecule has 0 aliphatic heterocycles. The molecule has 2 N–H and O–H groups in total. The van der Waals surface area contributed by atoms with E-state index in [2.05, 4.69) is 42.7 Å². The van der Waals surface area contributed by atoms with E-state index in [-0.39, 0.29) is 0 Å². The van der Waals surface area contributed by atoms with Crippen LogP contribution in [0.4, 0.5) is 0 Å². The van der Waals surface area contributed by atoms with Crippen molar-refractivity contribution in [2.75, 3.05) is 6.54 Å². The molecule has 0 bridgehead atoms. The summed E-state index contributed by atoms with van der Waals surface area (Å²) in [7, 11) is 0. The second-order valence-electron chi connectivity index (χ2n) is 6.03. The molecule has 0 aromatic carbocycles. The molecule has 0 spiro atoms. The van der Waals surface area contributed by atoms with Gasteiger partial charge in [0.2, 0.25) is 0 Å². The van der Waals surface area contributed by atoms with Crippen molar-refractivity contribution in [3.05, 3.63) is 41.4 Å². The number of imidazole rings is 1. The second-order valence-corrected chi connectivity index (χ2v) is 6.03. The Labute approximate surface area is 131 Å². The maximum absolute atomic E-state index is 5.66. The van der Waals surface area contributed by atoms with Crippen molar-refractivity contribution in [1.82, 2.24) is 14.5 Å². The summed E-state index contributed by atoms with van der Waals surface area (Å²) in [5, 5.41) is 0. The van der Waals surface area contributed by atoms with Crippen molar-refractivity contribution < 1.29 is 0 Å². The maximum Gasteiger partial charge on any atom is 0.165 e.